The third-order valence-electron chi connectivity index (χ3n) is 4.40. The quantitative estimate of drug-likeness (QED) is 0.749. The summed E-state index contributed by atoms with van der Waals surface area (Å²) in [4.78, 5) is 14.7. The van der Waals surface area contributed by atoms with E-state index in [2.05, 4.69) is 10.2 Å². The molecule has 1 aliphatic heterocycles. The van der Waals surface area contributed by atoms with E-state index >= 15 is 0 Å². The highest BCUT2D eigenvalue weighted by molar-refractivity contribution is 6.35. The molecule has 0 atom stereocenters. The number of halogens is 4. The Labute approximate surface area is 154 Å². The second-order valence-corrected chi connectivity index (χ2v) is 6.56. The molecule has 1 fully saturated rings. The van der Waals surface area contributed by atoms with Gasteiger partial charge < -0.3 is 10.2 Å². The van der Waals surface area contributed by atoms with Gasteiger partial charge in [0.2, 0.25) is 0 Å². The standard InChI is InChI=1S/C19H18ClF3N2O/c20-17-13(7-6-8-14(17)19(21,22)23)18(26)24-15-9-2-3-10-16(15)25-11-4-1-5-12-25/h2-3,6-10H,1,4-5,11-12H2,(H,24,26). The first-order valence-electron chi connectivity index (χ1n) is 8.39. The molecule has 138 valence electrons. The smallest absolute Gasteiger partial charge is 0.370 e. The first-order valence-corrected chi connectivity index (χ1v) is 8.77. The molecule has 3 nitrogen and oxygen atoms in total. The Bertz CT molecular complexity index is 802. The number of hydrogen-bond acceptors (Lipinski definition) is 2. The van der Waals surface area contributed by atoms with E-state index in [9.17, 15) is 18.0 Å². The van der Waals surface area contributed by atoms with Crippen LogP contribution in [-0.4, -0.2) is 19.0 Å². The van der Waals surface area contributed by atoms with E-state index in [1.165, 1.54) is 18.6 Å². The summed E-state index contributed by atoms with van der Waals surface area (Å²) in [5.41, 5.74) is 0.211. The molecule has 2 aromatic carbocycles. The van der Waals surface area contributed by atoms with Crippen LogP contribution in [0.25, 0.3) is 0 Å². The maximum atomic E-state index is 13.0. The van der Waals surface area contributed by atoms with Crippen LogP contribution in [0.3, 0.4) is 0 Å². The molecule has 0 spiro atoms. The largest absolute Gasteiger partial charge is 0.417 e. The maximum Gasteiger partial charge on any atom is 0.417 e. The van der Waals surface area contributed by atoms with Crippen LogP contribution >= 0.6 is 11.6 Å². The van der Waals surface area contributed by atoms with Crippen LogP contribution in [0.1, 0.15) is 35.2 Å². The van der Waals surface area contributed by atoms with Crippen LogP contribution < -0.4 is 10.2 Å². The monoisotopic (exact) mass is 382 g/mol. The number of piperidine rings is 1. The number of rotatable bonds is 3. The fraction of sp³-hybridized carbons (Fsp3) is 0.316. The molecular weight excluding hydrogens is 365 g/mol. The number of nitrogens with one attached hydrogen (secondary N) is 1. The summed E-state index contributed by atoms with van der Waals surface area (Å²) in [6.07, 6.45) is -1.30. The van der Waals surface area contributed by atoms with Crippen LogP contribution in [0.4, 0.5) is 24.5 Å². The number of nitrogens with zero attached hydrogens (tertiary/aromatic N) is 1. The molecule has 1 aliphatic rings. The number of hydrogen-bond donors (Lipinski definition) is 1. The van der Waals surface area contributed by atoms with Crippen molar-refractivity contribution in [2.75, 3.05) is 23.3 Å². The van der Waals surface area contributed by atoms with Gasteiger partial charge in [-0.2, -0.15) is 13.2 Å². The third-order valence-corrected chi connectivity index (χ3v) is 4.80. The van der Waals surface area contributed by atoms with Crippen LogP contribution in [0, 0.1) is 0 Å². The summed E-state index contributed by atoms with van der Waals surface area (Å²) in [6.45, 7) is 1.77. The Balaban J connectivity index is 1.88. The van der Waals surface area contributed by atoms with Crippen molar-refractivity contribution in [3.05, 3.63) is 58.6 Å². The highest BCUT2D eigenvalue weighted by atomic mass is 35.5. The predicted octanol–water partition coefficient (Wildman–Crippen LogP) is 5.60. The summed E-state index contributed by atoms with van der Waals surface area (Å²) in [7, 11) is 0. The van der Waals surface area contributed by atoms with Crippen molar-refractivity contribution in [2.45, 2.75) is 25.4 Å². The van der Waals surface area contributed by atoms with Crippen LogP contribution in [0.5, 0.6) is 0 Å². The first kappa shape index (κ1) is 18.6. The van der Waals surface area contributed by atoms with Crippen LogP contribution in [0.2, 0.25) is 5.02 Å². The highest BCUT2D eigenvalue weighted by Gasteiger charge is 2.34. The normalized spacial score (nSPS) is 15.0. The molecule has 0 saturated carbocycles. The van der Waals surface area contributed by atoms with Crippen molar-refractivity contribution in [1.29, 1.82) is 0 Å². The Kier molecular flexibility index (Phi) is 5.41. The number of para-hydroxylation sites is 2. The average molecular weight is 383 g/mol. The van der Waals surface area contributed by atoms with Gasteiger partial charge in [-0.15, -0.1) is 0 Å². The Hall–Kier alpha value is -2.21. The van der Waals surface area contributed by atoms with Gasteiger partial charge in [0.25, 0.3) is 5.91 Å². The number of benzene rings is 2. The fourth-order valence-electron chi connectivity index (χ4n) is 3.11. The van der Waals surface area contributed by atoms with Crippen molar-refractivity contribution in [3.8, 4) is 0 Å². The number of carbonyl (C=O) groups excluding carboxylic acids is 1. The van der Waals surface area contributed by atoms with Crippen molar-refractivity contribution in [2.24, 2.45) is 0 Å². The number of amides is 1. The SMILES string of the molecule is O=C(Nc1ccccc1N1CCCCC1)c1cccc(C(F)(F)F)c1Cl. The molecule has 0 aromatic heterocycles. The second kappa shape index (κ2) is 7.58. The summed E-state index contributed by atoms with van der Waals surface area (Å²) in [5.74, 6) is -0.662. The molecule has 1 saturated heterocycles. The van der Waals surface area contributed by atoms with E-state index in [4.69, 9.17) is 11.6 Å². The summed E-state index contributed by atoms with van der Waals surface area (Å²) >= 11 is 5.85. The minimum absolute atomic E-state index is 0.199. The van der Waals surface area contributed by atoms with Crippen molar-refractivity contribution in [3.63, 3.8) is 0 Å². The molecule has 3 rings (SSSR count). The number of anilines is 2. The molecule has 0 unspecified atom stereocenters. The van der Waals surface area contributed by atoms with Gasteiger partial charge in [-0.3, -0.25) is 4.79 Å². The minimum atomic E-state index is -4.61. The zero-order valence-electron chi connectivity index (χ0n) is 13.9. The van der Waals surface area contributed by atoms with Crippen molar-refractivity contribution in [1.82, 2.24) is 0 Å². The summed E-state index contributed by atoms with van der Waals surface area (Å²) in [6, 6.07) is 10.6. The van der Waals surface area contributed by atoms with Gasteiger partial charge in [0.1, 0.15) is 0 Å². The van der Waals surface area contributed by atoms with Crippen LogP contribution in [0.15, 0.2) is 42.5 Å². The van der Waals surface area contributed by atoms with Gasteiger partial charge in [0.15, 0.2) is 0 Å². The van der Waals surface area contributed by atoms with E-state index < -0.39 is 22.7 Å². The van der Waals surface area contributed by atoms with Crippen molar-refractivity contribution < 1.29 is 18.0 Å². The minimum Gasteiger partial charge on any atom is -0.370 e. The highest BCUT2D eigenvalue weighted by Crippen LogP contribution is 2.37. The Morgan fingerprint density at radius 3 is 2.38 bits per heavy atom. The molecule has 0 aliphatic carbocycles. The van der Waals surface area contributed by atoms with Gasteiger partial charge in [-0.25, -0.2) is 0 Å². The zero-order chi connectivity index (χ0) is 18.7. The fourth-order valence-corrected chi connectivity index (χ4v) is 3.42. The molecule has 7 heteroatoms. The lowest BCUT2D eigenvalue weighted by atomic mass is 10.1. The number of carbonyl (C=O) groups is 1. The van der Waals surface area contributed by atoms with E-state index in [1.807, 2.05) is 12.1 Å². The van der Waals surface area contributed by atoms with Crippen molar-refractivity contribution >= 4 is 28.9 Å². The third kappa shape index (κ3) is 3.96. The molecule has 2 aromatic rings. The average Bonchev–Trinajstić information content (AvgIpc) is 2.62. The van der Waals surface area contributed by atoms with Crippen LogP contribution in [-0.2, 0) is 6.18 Å². The lowest BCUT2D eigenvalue weighted by molar-refractivity contribution is -0.137. The maximum absolute atomic E-state index is 13.0. The Morgan fingerprint density at radius 1 is 1.00 bits per heavy atom. The molecule has 1 amide bonds. The Morgan fingerprint density at radius 2 is 1.69 bits per heavy atom. The topological polar surface area (TPSA) is 32.3 Å². The van der Waals surface area contributed by atoms with Gasteiger partial charge in [-0.1, -0.05) is 29.8 Å². The molecule has 1 heterocycles. The van der Waals surface area contributed by atoms with Gasteiger partial charge in [-0.05, 0) is 43.5 Å². The molecule has 0 radical (unpaired) electrons. The molecule has 0 bridgehead atoms. The lowest BCUT2D eigenvalue weighted by Gasteiger charge is -2.30. The lowest BCUT2D eigenvalue weighted by Crippen LogP contribution is -2.30. The summed E-state index contributed by atoms with van der Waals surface area (Å²) in [5, 5.41) is 2.12. The predicted molar refractivity (Wildman–Crippen MR) is 96.9 cm³/mol. The second-order valence-electron chi connectivity index (χ2n) is 6.18. The van der Waals surface area contributed by atoms with Gasteiger partial charge in [0, 0.05) is 13.1 Å². The van der Waals surface area contributed by atoms with E-state index in [0.29, 0.717) is 5.69 Å². The molecular formula is C19H18ClF3N2O. The summed E-state index contributed by atoms with van der Waals surface area (Å²) < 4.78 is 39.0. The molecule has 26 heavy (non-hydrogen) atoms. The zero-order valence-corrected chi connectivity index (χ0v) is 14.7. The van der Waals surface area contributed by atoms with E-state index in [-0.39, 0.29) is 5.56 Å². The van der Waals surface area contributed by atoms with E-state index in [0.717, 1.165) is 37.7 Å². The van der Waals surface area contributed by atoms with Gasteiger partial charge >= 0.3 is 6.18 Å². The van der Waals surface area contributed by atoms with Gasteiger partial charge in [0.05, 0.1) is 27.5 Å². The number of alkyl halides is 3. The molecule has 1 N–H and O–H groups in total. The van der Waals surface area contributed by atoms with E-state index in [1.54, 1.807) is 12.1 Å². The first-order chi connectivity index (χ1) is 12.4.